The monoisotopic (exact) mass is 323 g/mol. The first-order valence-electron chi connectivity index (χ1n) is 6.20. The molecule has 102 valence electrons. The number of nitrogens with zero attached hydrogens (tertiary/aromatic N) is 2. The lowest BCUT2D eigenvalue weighted by Crippen LogP contribution is -2.23. The van der Waals surface area contributed by atoms with Gasteiger partial charge in [-0.3, -0.25) is 9.48 Å². The first-order chi connectivity index (χ1) is 8.84. The Balaban J connectivity index is 2.78. The normalized spacial score (nSPS) is 11.3. The minimum atomic E-state index is -0.165. The number of nitrogen functional groups attached to an aromatic ring is 1. The maximum absolute atomic E-state index is 12.3. The lowest BCUT2D eigenvalue weighted by Gasteiger charge is -2.17. The van der Waals surface area contributed by atoms with Crippen LogP contribution in [0.1, 0.15) is 31.1 Å². The van der Waals surface area contributed by atoms with Crippen LogP contribution in [-0.4, -0.2) is 9.36 Å². The van der Waals surface area contributed by atoms with Gasteiger partial charge in [0.15, 0.2) is 0 Å². The number of benzene rings is 1. The molecule has 2 aromatic rings. The van der Waals surface area contributed by atoms with Gasteiger partial charge in [0, 0.05) is 10.5 Å². The molecule has 0 aliphatic rings. The van der Waals surface area contributed by atoms with Crippen LogP contribution in [0.2, 0.25) is 0 Å². The van der Waals surface area contributed by atoms with E-state index >= 15 is 0 Å². The summed E-state index contributed by atoms with van der Waals surface area (Å²) in [5.41, 5.74) is 8.77. The Morgan fingerprint density at radius 3 is 2.42 bits per heavy atom. The molecule has 0 radical (unpaired) electrons. The number of hydrogen-bond donors (Lipinski definition) is 1. The van der Waals surface area contributed by atoms with Crippen molar-refractivity contribution in [1.82, 2.24) is 9.36 Å². The van der Waals surface area contributed by atoms with E-state index in [1.54, 1.807) is 4.68 Å². The Labute approximate surface area is 120 Å². The third-order valence-electron chi connectivity index (χ3n) is 3.26. The van der Waals surface area contributed by atoms with Crippen LogP contribution in [0.5, 0.6) is 0 Å². The van der Waals surface area contributed by atoms with Crippen LogP contribution >= 0.6 is 15.9 Å². The van der Waals surface area contributed by atoms with Crippen molar-refractivity contribution in [2.75, 3.05) is 5.73 Å². The highest BCUT2D eigenvalue weighted by molar-refractivity contribution is 9.10. The molecule has 19 heavy (non-hydrogen) atoms. The Hall–Kier alpha value is -1.49. The highest BCUT2D eigenvalue weighted by atomic mass is 79.9. The van der Waals surface area contributed by atoms with Crippen molar-refractivity contribution in [3.05, 3.63) is 44.3 Å². The second-order valence-corrected chi connectivity index (χ2v) is 5.84. The molecule has 0 fully saturated rings. The molecule has 0 aliphatic carbocycles. The summed E-state index contributed by atoms with van der Waals surface area (Å²) in [5.74, 6) is 0. The minimum Gasteiger partial charge on any atom is -0.393 e. The smallest absolute Gasteiger partial charge is 0.294 e. The molecular weight excluding hydrogens is 306 g/mol. The van der Waals surface area contributed by atoms with Crippen LogP contribution < -0.4 is 11.3 Å². The first-order valence-corrected chi connectivity index (χ1v) is 7.00. The Morgan fingerprint density at radius 2 is 1.89 bits per heavy atom. The molecule has 0 amide bonds. The summed E-state index contributed by atoms with van der Waals surface area (Å²) in [6.45, 7) is 7.95. The maximum atomic E-state index is 12.3. The van der Waals surface area contributed by atoms with Crippen molar-refractivity contribution in [2.24, 2.45) is 0 Å². The fourth-order valence-corrected chi connectivity index (χ4v) is 2.58. The molecule has 4 nitrogen and oxygen atoms in total. The molecule has 1 heterocycles. The number of anilines is 1. The van der Waals surface area contributed by atoms with Crippen LogP contribution in [0.25, 0.3) is 5.69 Å². The van der Waals surface area contributed by atoms with Crippen LogP contribution in [0.3, 0.4) is 0 Å². The molecular formula is C14H18BrN3O. The average molecular weight is 324 g/mol. The predicted molar refractivity (Wildman–Crippen MR) is 82.0 cm³/mol. The van der Waals surface area contributed by atoms with Gasteiger partial charge in [0.2, 0.25) is 0 Å². The largest absolute Gasteiger partial charge is 0.393 e. The number of aromatic nitrogens is 2. The number of halogens is 1. The van der Waals surface area contributed by atoms with Crippen LogP contribution in [0, 0.1) is 13.8 Å². The molecule has 2 N–H and O–H groups in total. The third-order valence-corrected chi connectivity index (χ3v) is 4.12. The molecule has 1 aromatic carbocycles. The summed E-state index contributed by atoms with van der Waals surface area (Å²) >= 11 is 3.50. The zero-order chi connectivity index (χ0) is 14.3. The highest BCUT2D eigenvalue weighted by Crippen LogP contribution is 2.22. The van der Waals surface area contributed by atoms with Crippen LogP contribution in [-0.2, 0) is 0 Å². The molecule has 0 atom stereocenters. The lowest BCUT2D eigenvalue weighted by molar-refractivity contribution is 0.466. The molecule has 0 spiro atoms. The van der Waals surface area contributed by atoms with Crippen molar-refractivity contribution in [2.45, 2.75) is 33.7 Å². The van der Waals surface area contributed by atoms with Crippen LogP contribution in [0.15, 0.2) is 27.5 Å². The van der Waals surface area contributed by atoms with Gasteiger partial charge in [0.1, 0.15) is 5.69 Å². The van der Waals surface area contributed by atoms with Gasteiger partial charge in [-0.2, -0.15) is 0 Å². The van der Waals surface area contributed by atoms with Gasteiger partial charge in [-0.25, -0.2) is 4.68 Å². The maximum Gasteiger partial charge on any atom is 0.294 e. The summed E-state index contributed by atoms with van der Waals surface area (Å²) in [6.07, 6.45) is 0. The van der Waals surface area contributed by atoms with Gasteiger partial charge in [-0.05, 0) is 45.4 Å². The molecule has 0 aliphatic heterocycles. The van der Waals surface area contributed by atoms with E-state index in [0.717, 1.165) is 21.4 Å². The van der Waals surface area contributed by atoms with Gasteiger partial charge >= 0.3 is 0 Å². The summed E-state index contributed by atoms with van der Waals surface area (Å²) in [6, 6.07) is 6.01. The van der Waals surface area contributed by atoms with Crippen molar-refractivity contribution >= 4 is 21.6 Å². The standard InChI is InChI=1S/C14H18BrN3O/c1-8(2)17-10(4)13(16)14(19)18(17)11-6-5-9(3)12(15)7-11/h5-8H,16H2,1-4H3. The fourth-order valence-electron chi connectivity index (χ4n) is 2.21. The van der Waals surface area contributed by atoms with E-state index in [1.165, 1.54) is 0 Å². The topological polar surface area (TPSA) is 52.9 Å². The summed E-state index contributed by atoms with van der Waals surface area (Å²) in [4.78, 5) is 12.3. The van der Waals surface area contributed by atoms with E-state index in [9.17, 15) is 4.79 Å². The molecule has 0 saturated heterocycles. The highest BCUT2D eigenvalue weighted by Gasteiger charge is 2.17. The van der Waals surface area contributed by atoms with E-state index in [4.69, 9.17) is 5.73 Å². The lowest BCUT2D eigenvalue weighted by atomic mass is 10.2. The first kappa shape index (κ1) is 13.9. The Kier molecular flexibility index (Phi) is 3.58. The van der Waals surface area contributed by atoms with Crippen molar-refractivity contribution < 1.29 is 0 Å². The molecule has 1 aromatic heterocycles. The van der Waals surface area contributed by atoms with Crippen LogP contribution in [0.4, 0.5) is 5.69 Å². The van der Waals surface area contributed by atoms with Gasteiger partial charge in [-0.1, -0.05) is 22.0 Å². The van der Waals surface area contributed by atoms with Crippen molar-refractivity contribution in [1.29, 1.82) is 0 Å². The average Bonchev–Trinajstić information content (AvgIpc) is 2.57. The zero-order valence-electron chi connectivity index (χ0n) is 11.6. The SMILES string of the molecule is Cc1ccc(-n2c(=O)c(N)c(C)n2C(C)C)cc1Br. The second kappa shape index (κ2) is 4.89. The van der Waals surface area contributed by atoms with Crippen molar-refractivity contribution in [3.63, 3.8) is 0 Å². The number of rotatable bonds is 2. The van der Waals surface area contributed by atoms with Gasteiger partial charge < -0.3 is 5.73 Å². The predicted octanol–water partition coefficient (Wildman–Crippen LogP) is 3.18. The summed E-state index contributed by atoms with van der Waals surface area (Å²) in [7, 11) is 0. The summed E-state index contributed by atoms with van der Waals surface area (Å²) in [5, 5.41) is 0. The minimum absolute atomic E-state index is 0.157. The molecule has 0 saturated carbocycles. The van der Waals surface area contributed by atoms with Gasteiger partial charge in [0.05, 0.1) is 11.4 Å². The van der Waals surface area contributed by atoms with Gasteiger partial charge in [-0.15, -0.1) is 0 Å². The molecule has 2 rings (SSSR count). The molecule has 0 bridgehead atoms. The fraction of sp³-hybridized carbons (Fsp3) is 0.357. The van der Waals surface area contributed by atoms with Gasteiger partial charge in [0.25, 0.3) is 5.56 Å². The Morgan fingerprint density at radius 1 is 1.26 bits per heavy atom. The van der Waals surface area contributed by atoms with E-state index in [2.05, 4.69) is 15.9 Å². The third kappa shape index (κ3) is 2.23. The van der Waals surface area contributed by atoms with E-state index < -0.39 is 0 Å². The summed E-state index contributed by atoms with van der Waals surface area (Å²) < 4.78 is 4.54. The number of hydrogen-bond acceptors (Lipinski definition) is 2. The zero-order valence-corrected chi connectivity index (χ0v) is 13.2. The quantitative estimate of drug-likeness (QED) is 0.922. The molecule has 5 heteroatoms. The van der Waals surface area contributed by atoms with Crippen molar-refractivity contribution in [3.8, 4) is 5.69 Å². The molecule has 0 unspecified atom stereocenters. The number of nitrogens with two attached hydrogens (primary N) is 1. The second-order valence-electron chi connectivity index (χ2n) is 4.99. The van der Waals surface area contributed by atoms with E-state index in [1.807, 2.05) is 50.6 Å². The van der Waals surface area contributed by atoms with E-state index in [-0.39, 0.29) is 11.6 Å². The van der Waals surface area contributed by atoms with E-state index in [0.29, 0.717) is 5.69 Å². The Bertz CT molecular complexity index is 683. The number of aryl methyl sites for hydroxylation is 1.